The zero-order valence-electron chi connectivity index (χ0n) is 9.56. The van der Waals surface area contributed by atoms with Crippen molar-refractivity contribution in [1.82, 2.24) is 14.8 Å². The Kier molecular flexibility index (Phi) is 2.63. The Bertz CT molecular complexity index is 533. The van der Waals surface area contributed by atoms with E-state index >= 15 is 0 Å². The van der Waals surface area contributed by atoms with Crippen molar-refractivity contribution in [3.8, 4) is 11.4 Å². The number of rotatable bonds is 1. The number of hydrogen-bond donors (Lipinski definition) is 0. The van der Waals surface area contributed by atoms with Gasteiger partial charge in [-0.1, -0.05) is 18.6 Å². The summed E-state index contributed by atoms with van der Waals surface area (Å²) in [7, 11) is 0. The number of aryl methyl sites for hydroxylation is 1. The van der Waals surface area contributed by atoms with Crippen LogP contribution in [0.5, 0.6) is 0 Å². The van der Waals surface area contributed by atoms with Gasteiger partial charge < -0.3 is 4.57 Å². The second-order valence-corrected chi connectivity index (χ2v) is 4.38. The zero-order valence-corrected chi connectivity index (χ0v) is 9.56. The van der Waals surface area contributed by atoms with E-state index in [1.165, 1.54) is 12.5 Å². The van der Waals surface area contributed by atoms with Gasteiger partial charge in [0, 0.05) is 13.0 Å². The Morgan fingerprint density at radius 2 is 1.94 bits per heavy atom. The zero-order chi connectivity index (χ0) is 11.7. The summed E-state index contributed by atoms with van der Waals surface area (Å²) in [6, 6.07) is 6.75. The fraction of sp³-hybridized carbons (Fsp3) is 0.385. The van der Waals surface area contributed by atoms with Gasteiger partial charge in [-0.15, -0.1) is 10.2 Å². The predicted molar refractivity (Wildman–Crippen MR) is 63.0 cm³/mol. The highest BCUT2D eigenvalue weighted by Crippen LogP contribution is 2.24. The third-order valence-corrected chi connectivity index (χ3v) is 3.22. The van der Waals surface area contributed by atoms with Crippen molar-refractivity contribution < 1.29 is 4.39 Å². The minimum Gasteiger partial charge on any atom is -0.311 e. The van der Waals surface area contributed by atoms with Crippen LogP contribution in [-0.2, 0) is 13.0 Å². The topological polar surface area (TPSA) is 30.7 Å². The number of nitrogens with zero attached hydrogens (tertiary/aromatic N) is 3. The lowest BCUT2D eigenvalue weighted by atomic mass is 10.2. The van der Waals surface area contributed by atoms with Gasteiger partial charge in [-0.2, -0.15) is 0 Å². The van der Waals surface area contributed by atoms with E-state index in [-0.39, 0.29) is 5.82 Å². The first-order valence-corrected chi connectivity index (χ1v) is 6.03. The molecule has 4 heteroatoms. The third kappa shape index (κ3) is 1.84. The minimum atomic E-state index is -0.230. The van der Waals surface area contributed by atoms with Gasteiger partial charge in [0.1, 0.15) is 11.6 Å². The molecule has 1 aromatic heterocycles. The van der Waals surface area contributed by atoms with Crippen LogP contribution in [0.15, 0.2) is 24.3 Å². The average molecular weight is 231 g/mol. The average Bonchev–Trinajstić information content (AvgIpc) is 2.59. The molecule has 1 aliphatic rings. The van der Waals surface area contributed by atoms with E-state index in [0.717, 1.165) is 31.6 Å². The quantitative estimate of drug-likeness (QED) is 0.755. The van der Waals surface area contributed by atoms with Gasteiger partial charge in [0.25, 0.3) is 0 Å². The molecule has 1 aromatic carbocycles. The van der Waals surface area contributed by atoms with Crippen LogP contribution in [0.2, 0.25) is 0 Å². The Hall–Kier alpha value is -1.71. The second-order valence-electron chi connectivity index (χ2n) is 4.38. The molecule has 0 saturated heterocycles. The van der Waals surface area contributed by atoms with Gasteiger partial charge in [-0.3, -0.25) is 0 Å². The molecule has 88 valence electrons. The van der Waals surface area contributed by atoms with E-state index < -0.39 is 0 Å². The Morgan fingerprint density at radius 3 is 2.82 bits per heavy atom. The van der Waals surface area contributed by atoms with Crippen LogP contribution in [0.3, 0.4) is 0 Å². The molecule has 17 heavy (non-hydrogen) atoms. The lowest BCUT2D eigenvalue weighted by molar-refractivity contribution is 0.616. The lowest BCUT2D eigenvalue weighted by Crippen LogP contribution is -2.03. The van der Waals surface area contributed by atoms with Gasteiger partial charge >= 0.3 is 0 Å². The van der Waals surface area contributed by atoms with E-state index in [9.17, 15) is 4.39 Å². The Labute approximate surface area is 99.3 Å². The molecular weight excluding hydrogens is 217 g/mol. The van der Waals surface area contributed by atoms with E-state index in [4.69, 9.17) is 0 Å². The van der Waals surface area contributed by atoms with Crippen molar-refractivity contribution in [2.24, 2.45) is 0 Å². The highest BCUT2D eigenvalue weighted by Gasteiger charge is 2.17. The smallest absolute Gasteiger partial charge is 0.166 e. The van der Waals surface area contributed by atoms with Gasteiger partial charge in [0.05, 0.1) is 5.56 Å². The van der Waals surface area contributed by atoms with Crippen molar-refractivity contribution in [2.75, 3.05) is 0 Å². The van der Waals surface area contributed by atoms with Crippen molar-refractivity contribution >= 4 is 0 Å². The van der Waals surface area contributed by atoms with Gasteiger partial charge in [-0.25, -0.2) is 4.39 Å². The molecule has 0 fully saturated rings. The van der Waals surface area contributed by atoms with Crippen molar-refractivity contribution in [3.05, 3.63) is 35.9 Å². The molecule has 0 unspecified atom stereocenters. The summed E-state index contributed by atoms with van der Waals surface area (Å²) in [6.07, 6.45) is 4.42. The number of fused-ring (bicyclic) bond motifs is 1. The maximum Gasteiger partial charge on any atom is 0.166 e. The van der Waals surface area contributed by atoms with Gasteiger partial charge in [0.2, 0.25) is 0 Å². The van der Waals surface area contributed by atoms with Crippen molar-refractivity contribution in [1.29, 1.82) is 0 Å². The van der Waals surface area contributed by atoms with Crippen LogP contribution in [0.4, 0.5) is 4.39 Å². The van der Waals surface area contributed by atoms with E-state index in [1.807, 2.05) is 6.07 Å². The SMILES string of the molecule is Fc1ccccc1-c1nnc2n1CCCCC2. The first-order valence-electron chi connectivity index (χ1n) is 6.03. The number of halogens is 1. The van der Waals surface area contributed by atoms with E-state index in [1.54, 1.807) is 12.1 Å². The first kappa shape index (κ1) is 10.4. The van der Waals surface area contributed by atoms with Gasteiger partial charge in [0.15, 0.2) is 5.82 Å². The molecule has 0 amide bonds. The van der Waals surface area contributed by atoms with Crippen LogP contribution in [0.25, 0.3) is 11.4 Å². The van der Waals surface area contributed by atoms with Crippen LogP contribution in [0, 0.1) is 5.82 Å². The van der Waals surface area contributed by atoms with Crippen molar-refractivity contribution in [2.45, 2.75) is 32.2 Å². The highest BCUT2D eigenvalue weighted by atomic mass is 19.1. The summed E-state index contributed by atoms with van der Waals surface area (Å²) in [6.45, 7) is 0.895. The molecule has 3 rings (SSSR count). The van der Waals surface area contributed by atoms with E-state index in [2.05, 4.69) is 14.8 Å². The summed E-state index contributed by atoms with van der Waals surface area (Å²) in [4.78, 5) is 0. The van der Waals surface area contributed by atoms with Crippen LogP contribution < -0.4 is 0 Å². The molecule has 0 N–H and O–H groups in total. The van der Waals surface area contributed by atoms with E-state index in [0.29, 0.717) is 11.4 Å². The summed E-state index contributed by atoms with van der Waals surface area (Å²) < 4.78 is 15.8. The molecule has 0 aliphatic carbocycles. The molecule has 2 aromatic rings. The normalized spacial score (nSPS) is 15.4. The molecular formula is C13H14FN3. The minimum absolute atomic E-state index is 0.230. The fourth-order valence-electron chi connectivity index (χ4n) is 2.33. The van der Waals surface area contributed by atoms with Crippen LogP contribution in [-0.4, -0.2) is 14.8 Å². The predicted octanol–water partition coefficient (Wildman–Crippen LogP) is 2.81. The second kappa shape index (κ2) is 4.28. The monoisotopic (exact) mass is 231 g/mol. The molecule has 0 spiro atoms. The molecule has 3 nitrogen and oxygen atoms in total. The third-order valence-electron chi connectivity index (χ3n) is 3.22. The lowest BCUT2D eigenvalue weighted by Gasteiger charge is -2.07. The highest BCUT2D eigenvalue weighted by molar-refractivity contribution is 5.56. The molecule has 0 bridgehead atoms. The standard InChI is InChI=1S/C13H14FN3/c14-11-7-4-3-6-10(11)13-16-15-12-8-2-1-5-9-17(12)13/h3-4,6-7H,1-2,5,8-9H2. The number of aromatic nitrogens is 3. The molecule has 0 radical (unpaired) electrons. The number of hydrogen-bond acceptors (Lipinski definition) is 2. The molecule has 0 atom stereocenters. The summed E-state index contributed by atoms with van der Waals surface area (Å²) in [5, 5.41) is 8.32. The summed E-state index contributed by atoms with van der Waals surface area (Å²) >= 11 is 0. The molecule has 1 aliphatic heterocycles. The van der Waals surface area contributed by atoms with Gasteiger partial charge in [-0.05, 0) is 25.0 Å². The molecule has 2 heterocycles. The van der Waals surface area contributed by atoms with Crippen LogP contribution in [0.1, 0.15) is 25.1 Å². The maximum absolute atomic E-state index is 13.7. The summed E-state index contributed by atoms with van der Waals surface area (Å²) in [5.74, 6) is 1.42. The summed E-state index contributed by atoms with van der Waals surface area (Å²) in [5.41, 5.74) is 0.549. The first-order chi connectivity index (χ1) is 8.36. The van der Waals surface area contributed by atoms with Crippen molar-refractivity contribution in [3.63, 3.8) is 0 Å². The largest absolute Gasteiger partial charge is 0.311 e. The Morgan fingerprint density at radius 1 is 1.06 bits per heavy atom. The maximum atomic E-state index is 13.7. The number of benzene rings is 1. The van der Waals surface area contributed by atoms with Crippen LogP contribution >= 0.6 is 0 Å². The fourth-order valence-corrected chi connectivity index (χ4v) is 2.33. The Balaban J connectivity index is 2.10. The molecule has 0 saturated carbocycles.